The van der Waals surface area contributed by atoms with Crippen LogP contribution in [0.4, 0.5) is 0 Å². The largest absolute Gasteiger partial charge is 0.497 e. The highest BCUT2D eigenvalue weighted by Gasteiger charge is 2.21. The highest BCUT2D eigenvalue weighted by Crippen LogP contribution is 2.25. The summed E-state index contributed by atoms with van der Waals surface area (Å²) in [6, 6.07) is 14.6. The first-order chi connectivity index (χ1) is 12.7. The van der Waals surface area contributed by atoms with Gasteiger partial charge in [-0.15, -0.1) is 0 Å². The number of amidine groups is 1. The van der Waals surface area contributed by atoms with Gasteiger partial charge in [0.05, 0.1) is 20.8 Å². The fourth-order valence-electron chi connectivity index (χ4n) is 2.45. The summed E-state index contributed by atoms with van der Waals surface area (Å²) in [5, 5.41) is 0. The molecule has 0 bridgehead atoms. The van der Waals surface area contributed by atoms with Crippen molar-refractivity contribution in [3.05, 3.63) is 59.7 Å². The van der Waals surface area contributed by atoms with Crippen molar-refractivity contribution in [1.82, 2.24) is 5.48 Å². The van der Waals surface area contributed by atoms with Gasteiger partial charge in [0.1, 0.15) is 29.8 Å². The van der Waals surface area contributed by atoms with Gasteiger partial charge in [-0.3, -0.25) is 9.83 Å². The molecule has 1 aliphatic heterocycles. The lowest BCUT2D eigenvalue weighted by Gasteiger charge is -2.22. The van der Waals surface area contributed by atoms with E-state index in [1.54, 1.807) is 25.3 Å². The van der Waals surface area contributed by atoms with Gasteiger partial charge in [0, 0.05) is 11.6 Å². The van der Waals surface area contributed by atoms with Gasteiger partial charge in [0.2, 0.25) is 0 Å². The second kappa shape index (κ2) is 8.35. The minimum atomic E-state index is -0.495. The van der Waals surface area contributed by atoms with Crippen LogP contribution in [0.15, 0.2) is 53.5 Å². The van der Waals surface area contributed by atoms with Gasteiger partial charge in [-0.1, -0.05) is 30.3 Å². The van der Waals surface area contributed by atoms with Gasteiger partial charge >= 0.3 is 5.97 Å². The molecule has 1 unspecified atom stereocenters. The number of hydrogen-bond acceptors (Lipinski definition) is 7. The Balaban J connectivity index is 1.57. The molecule has 0 amide bonds. The molecule has 136 valence electrons. The number of nitrogens with one attached hydrogen (secondary N) is 1. The number of aliphatic imine (C=N–C) groups is 1. The Morgan fingerprint density at radius 3 is 2.65 bits per heavy atom. The zero-order valence-electron chi connectivity index (χ0n) is 14.6. The standard InChI is InChI=1S/C19H20N2O5/c1-23-14-8-9-16(17(10-14)24-2)19(22)25-12-15-11-20-18(21-26-15)13-6-4-3-5-7-13/h3-10,15H,11-12H2,1-2H3,(H,20,21). The fourth-order valence-corrected chi connectivity index (χ4v) is 2.45. The third kappa shape index (κ3) is 4.12. The van der Waals surface area contributed by atoms with Crippen molar-refractivity contribution in [1.29, 1.82) is 0 Å². The number of carbonyl (C=O) groups excluding carboxylic acids is 1. The second-order valence-corrected chi connectivity index (χ2v) is 5.56. The van der Waals surface area contributed by atoms with Crippen molar-refractivity contribution in [3.8, 4) is 11.5 Å². The van der Waals surface area contributed by atoms with Crippen LogP contribution in [0.3, 0.4) is 0 Å². The smallest absolute Gasteiger partial charge is 0.342 e. The Labute approximate surface area is 151 Å². The molecule has 1 N–H and O–H groups in total. The van der Waals surface area contributed by atoms with E-state index in [9.17, 15) is 4.79 Å². The Hall–Kier alpha value is -3.06. The van der Waals surface area contributed by atoms with Crippen LogP contribution in [0.5, 0.6) is 11.5 Å². The highest BCUT2D eigenvalue weighted by molar-refractivity contribution is 5.98. The minimum absolute atomic E-state index is 0.0760. The SMILES string of the molecule is COc1ccc(C(=O)OCC2CN=C(c3ccccc3)NO2)c(OC)c1. The summed E-state index contributed by atoms with van der Waals surface area (Å²) in [6.45, 7) is 0.469. The van der Waals surface area contributed by atoms with Gasteiger partial charge in [0.25, 0.3) is 0 Å². The Morgan fingerprint density at radius 2 is 2.00 bits per heavy atom. The predicted octanol–water partition coefficient (Wildman–Crippen LogP) is 2.21. The minimum Gasteiger partial charge on any atom is -0.497 e. The molecule has 0 spiro atoms. The van der Waals surface area contributed by atoms with Crippen LogP contribution in [-0.2, 0) is 9.57 Å². The zero-order valence-corrected chi connectivity index (χ0v) is 14.6. The van der Waals surface area contributed by atoms with Gasteiger partial charge in [-0.25, -0.2) is 10.3 Å². The number of esters is 1. The summed E-state index contributed by atoms with van der Waals surface area (Å²) in [4.78, 5) is 22.2. The zero-order chi connectivity index (χ0) is 18.4. The van der Waals surface area contributed by atoms with Crippen LogP contribution in [-0.4, -0.2) is 45.3 Å². The van der Waals surface area contributed by atoms with Crippen molar-refractivity contribution in [2.24, 2.45) is 4.99 Å². The number of rotatable bonds is 6. The van der Waals surface area contributed by atoms with E-state index in [4.69, 9.17) is 19.0 Å². The Bertz CT molecular complexity index is 792. The third-order valence-corrected chi connectivity index (χ3v) is 3.85. The summed E-state index contributed by atoms with van der Waals surface area (Å²) >= 11 is 0. The third-order valence-electron chi connectivity index (χ3n) is 3.85. The van der Waals surface area contributed by atoms with E-state index in [0.717, 1.165) is 5.56 Å². The summed E-state index contributed by atoms with van der Waals surface area (Å²) in [5.41, 5.74) is 4.06. The van der Waals surface area contributed by atoms with Gasteiger partial charge < -0.3 is 14.2 Å². The summed E-state index contributed by atoms with van der Waals surface area (Å²) in [5.74, 6) is 1.15. The molecule has 0 aromatic heterocycles. The summed E-state index contributed by atoms with van der Waals surface area (Å²) in [6.07, 6.45) is -0.365. The van der Waals surface area contributed by atoms with E-state index >= 15 is 0 Å². The molecule has 26 heavy (non-hydrogen) atoms. The van der Waals surface area contributed by atoms with E-state index < -0.39 is 5.97 Å². The second-order valence-electron chi connectivity index (χ2n) is 5.56. The first-order valence-electron chi connectivity index (χ1n) is 8.12. The van der Waals surface area contributed by atoms with Crippen molar-refractivity contribution in [2.45, 2.75) is 6.10 Å². The normalized spacial score (nSPS) is 16.2. The number of hydrogen-bond donors (Lipinski definition) is 1. The lowest BCUT2D eigenvalue weighted by molar-refractivity contribution is -0.0350. The Kier molecular flexibility index (Phi) is 5.70. The van der Waals surface area contributed by atoms with Gasteiger partial charge in [-0.2, -0.15) is 0 Å². The molecule has 0 saturated carbocycles. The molecule has 1 atom stereocenters. The first-order valence-corrected chi connectivity index (χ1v) is 8.12. The number of nitrogens with zero attached hydrogens (tertiary/aromatic N) is 1. The summed E-state index contributed by atoms with van der Waals surface area (Å²) < 4.78 is 15.7. The Morgan fingerprint density at radius 1 is 1.19 bits per heavy atom. The molecule has 1 aliphatic rings. The fraction of sp³-hybridized carbons (Fsp3) is 0.263. The molecule has 2 aromatic carbocycles. The van der Waals surface area contributed by atoms with E-state index in [-0.39, 0.29) is 12.7 Å². The van der Waals surface area contributed by atoms with Crippen LogP contribution >= 0.6 is 0 Å². The van der Waals surface area contributed by atoms with Crippen molar-refractivity contribution >= 4 is 11.8 Å². The molecule has 0 saturated heterocycles. The molecule has 0 aliphatic carbocycles. The average Bonchev–Trinajstić information content (AvgIpc) is 2.72. The monoisotopic (exact) mass is 356 g/mol. The van der Waals surface area contributed by atoms with Crippen molar-refractivity contribution < 1.29 is 23.8 Å². The molecular weight excluding hydrogens is 336 g/mol. The highest BCUT2D eigenvalue weighted by atomic mass is 16.7. The molecular formula is C19H20N2O5. The van der Waals surface area contributed by atoms with Crippen LogP contribution in [0.1, 0.15) is 15.9 Å². The maximum absolute atomic E-state index is 12.3. The van der Waals surface area contributed by atoms with E-state index in [2.05, 4.69) is 10.5 Å². The number of ether oxygens (including phenoxy) is 3. The van der Waals surface area contributed by atoms with Crippen LogP contribution in [0.2, 0.25) is 0 Å². The lowest BCUT2D eigenvalue weighted by Crippen LogP contribution is -2.40. The number of methoxy groups -OCH3 is 2. The van der Waals surface area contributed by atoms with Crippen LogP contribution in [0, 0.1) is 0 Å². The molecule has 3 rings (SSSR count). The quantitative estimate of drug-likeness (QED) is 0.800. The molecule has 2 aromatic rings. The molecule has 7 nitrogen and oxygen atoms in total. The summed E-state index contributed by atoms with van der Waals surface area (Å²) in [7, 11) is 3.03. The topological polar surface area (TPSA) is 78.4 Å². The van der Waals surface area contributed by atoms with E-state index in [1.807, 2.05) is 30.3 Å². The predicted molar refractivity (Wildman–Crippen MR) is 95.7 cm³/mol. The van der Waals surface area contributed by atoms with Gasteiger partial charge in [0.15, 0.2) is 5.84 Å². The van der Waals surface area contributed by atoms with Crippen molar-refractivity contribution in [3.63, 3.8) is 0 Å². The average molecular weight is 356 g/mol. The maximum Gasteiger partial charge on any atom is 0.342 e. The van der Waals surface area contributed by atoms with Crippen LogP contribution in [0.25, 0.3) is 0 Å². The molecule has 7 heteroatoms. The van der Waals surface area contributed by atoms with Crippen LogP contribution < -0.4 is 15.0 Å². The molecule has 1 heterocycles. The lowest BCUT2D eigenvalue weighted by atomic mass is 10.2. The number of carbonyl (C=O) groups is 1. The number of hydroxylamine groups is 1. The molecule has 0 fully saturated rings. The maximum atomic E-state index is 12.3. The van der Waals surface area contributed by atoms with E-state index in [1.165, 1.54) is 7.11 Å². The molecule has 0 radical (unpaired) electrons. The van der Waals surface area contributed by atoms with Gasteiger partial charge in [-0.05, 0) is 12.1 Å². The first kappa shape index (κ1) is 17.8. The van der Waals surface area contributed by atoms with E-state index in [0.29, 0.717) is 29.4 Å². The van der Waals surface area contributed by atoms with Crippen molar-refractivity contribution in [2.75, 3.05) is 27.4 Å². The number of benzene rings is 2.